The molecule has 0 bridgehead atoms. The van der Waals surface area contributed by atoms with E-state index in [0.717, 1.165) is 12.2 Å². The molecule has 1 aromatic heterocycles. The first-order valence-electron chi connectivity index (χ1n) is 5.11. The second-order valence-electron chi connectivity index (χ2n) is 3.64. The zero-order valence-corrected chi connectivity index (χ0v) is 10.5. The molecule has 0 fully saturated rings. The van der Waals surface area contributed by atoms with Crippen molar-refractivity contribution >= 4 is 23.2 Å². The van der Waals surface area contributed by atoms with Gasteiger partial charge < -0.3 is 9.80 Å². The maximum atomic E-state index is 11.6. The second kappa shape index (κ2) is 5.70. The number of hydrogen-bond donors (Lipinski definition) is 0. The molecule has 0 aliphatic rings. The highest BCUT2D eigenvalue weighted by molar-refractivity contribution is 6.29. The SMILES string of the molecule is CCN(CC(=O)N(C)C)c1ccnc(Cl)c1. The first kappa shape index (κ1) is 12.8. The first-order valence-corrected chi connectivity index (χ1v) is 5.49. The standard InChI is InChI=1S/C11H16ClN3O/c1-4-15(8-11(16)14(2)3)9-5-6-13-10(12)7-9/h5-7H,4,8H2,1-3H3. The molecule has 5 heteroatoms. The quantitative estimate of drug-likeness (QED) is 0.753. The topological polar surface area (TPSA) is 36.4 Å². The lowest BCUT2D eigenvalue weighted by Crippen LogP contribution is -2.36. The van der Waals surface area contributed by atoms with Gasteiger partial charge in [-0.15, -0.1) is 0 Å². The van der Waals surface area contributed by atoms with E-state index < -0.39 is 0 Å². The maximum Gasteiger partial charge on any atom is 0.241 e. The Hall–Kier alpha value is -1.29. The monoisotopic (exact) mass is 241 g/mol. The van der Waals surface area contributed by atoms with Gasteiger partial charge in [0.2, 0.25) is 5.91 Å². The molecule has 0 saturated heterocycles. The normalized spacial score (nSPS) is 10.0. The molecule has 1 aromatic rings. The number of pyridine rings is 1. The van der Waals surface area contributed by atoms with Gasteiger partial charge in [-0.3, -0.25) is 4.79 Å². The van der Waals surface area contributed by atoms with E-state index in [1.165, 1.54) is 0 Å². The fourth-order valence-electron chi connectivity index (χ4n) is 1.28. The number of carbonyl (C=O) groups is 1. The predicted molar refractivity (Wildman–Crippen MR) is 65.8 cm³/mol. The van der Waals surface area contributed by atoms with E-state index >= 15 is 0 Å². The van der Waals surface area contributed by atoms with E-state index in [9.17, 15) is 4.79 Å². The van der Waals surface area contributed by atoms with Crippen LogP contribution in [0.25, 0.3) is 0 Å². The Kier molecular flexibility index (Phi) is 4.55. The lowest BCUT2D eigenvalue weighted by Gasteiger charge is -2.24. The Labute approximate surface area is 101 Å². The molecule has 1 heterocycles. The Morgan fingerprint density at radius 3 is 2.69 bits per heavy atom. The van der Waals surface area contributed by atoms with Crippen molar-refractivity contribution in [2.24, 2.45) is 0 Å². The van der Waals surface area contributed by atoms with Crippen LogP contribution in [0.4, 0.5) is 5.69 Å². The molecule has 0 spiro atoms. The number of nitrogens with zero attached hydrogens (tertiary/aromatic N) is 3. The van der Waals surface area contributed by atoms with Crippen LogP contribution in [0.15, 0.2) is 18.3 Å². The van der Waals surface area contributed by atoms with Gasteiger partial charge in [0.1, 0.15) is 5.15 Å². The third-order valence-electron chi connectivity index (χ3n) is 2.28. The number of amides is 1. The van der Waals surface area contributed by atoms with Gasteiger partial charge in [0.15, 0.2) is 0 Å². The van der Waals surface area contributed by atoms with Crippen molar-refractivity contribution in [2.45, 2.75) is 6.92 Å². The molecule has 0 aliphatic carbocycles. The molecule has 0 N–H and O–H groups in total. The highest BCUT2D eigenvalue weighted by Crippen LogP contribution is 2.16. The number of carbonyl (C=O) groups excluding carboxylic acids is 1. The second-order valence-corrected chi connectivity index (χ2v) is 4.03. The van der Waals surface area contributed by atoms with E-state index in [0.29, 0.717) is 11.7 Å². The summed E-state index contributed by atoms with van der Waals surface area (Å²) in [7, 11) is 3.49. The van der Waals surface area contributed by atoms with Crippen LogP contribution < -0.4 is 4.90 Å². The predicted octanol–water partition coefficient (Wildman–Crippen LogP) is 1.65. The van der Waals surface area contributed by atoms with Gasteiger partial charge >= 0.3 is 0 Å². The molecule has 0 atom stereocenters. The van der Waals surface area contributed by atoms with Crippen molar-refractivity contribution in [1.29, 1.82) is 0 Å². The van der Waals surface area contributed by atoms with E-state index in [1.54, 1.807) is 31.3 Å². The van der Waals surface area contributed by atoms with Gasteiger partial charge in [0.25, 0.3) is 0 Å². The van der Waals surface area contributed by atoms with Crippen molar-refractivity contribution in [2.75, 3.05) is 32.1 Å². The Morgan fingerprint density at radius 2 is 2.19 bits per heavy atom. The summed E-state index contributed by atoms with van der Waals surface area (Å²) in [6, 6.07) is 3.60. The molecule has 0 radical (unpaired) electrons. The summed E-state index contributed by atoms with van der Waals surface area (Å²) in [6.07, 6.45) is 1.64. The summed E-state index contributed by atoms with van der Waals surface area (Å²) in [4.78, 5) is 19.0. The van der Waals surface area contributed by atoms with Gasteiger partial charge in [0, 0.05) is 32.5 Å². The summed E-state index contributed by atoms with van der Waals surface area (Å²) < 4.78 is 0. The van der Waals surface area contributed by atoms with Crippen LogP contribution in [0.3, 0.4) is 0 Å². The summed E-state index contributed by atoms with van der Waals surface area (Å²) in [5.74, 6) is 0.0646. The van der Waals surface area contributed by atoms with E-state index in [1.807, 2.05) is 17.9 Å². The number of likely N-dealkylation sites (N-methyl/N-ethyl adjacent to an activating group) is 2. The summed E-state index contributed by atoms with van der Waals surface area (Å²) in [5, 5.41) is 0.438. The molecule has 0 aromatic carbocycles. The lowest BCUT2D eigenvalue weighted by atomic mass is 10.3. The number of rotatable bonds is 4. The van der Waals surface area contributed by atoms with Crippen LogP contribution in [0.5, 0.6) is 0 Å². The van der Waals surface area contributed by atoms with E-state index in [4.69, 9.17) is 11.6 Å². The fraction of sp³-hybridized carbons (Fsp3) is 0.455. The van der Waals surface area contributed by atoms with Gasteiger partial charge in [-0.05, 0) is 19.1 Å². The summed E-state index contributed by atoms with van der Waals surface area (Å²) in [5.41, 5.74) is 0.915. The van der Waals surface area contributed by atoms with Crippen molar-refractivity contribution < 1.29 is 4.79 Å². The third kappa shape index (κ3) is 3.38. The first-order chi connectivity index (χ1) is 7.54. The van der Waals surface area contributed by atoms with Crippen molar-refractivity contribution in [1.82, 2.24) is 9.88 Å². The Balaban J connectivity index is 2.78. The van der Waals surface area contributed by atoms with Crippen LogP contribution in [0, 0.1) is 0 Å². The molecular formula is C11H16ClN3O. The Morgan fingerprint density at radius 1 is 1.50 bits per heavy atom. The summed E-state index contributed by atoms with van der Waals surface area (Å²) >= 11 is 5.81. The molecule has 1 amide bonds. The zero-order chi connectivity index (χ0) is 12.1. The van der Waals surface area contributed by atoms with Crippen molar-refractivity contribution in [3.63, 3.8) is 0 Å². The number of anilines is 1. The lowest BCUT2D eigenvalue weighted by molar-refractivity contribution is -0.127. The van der Waals surface area contributed by atoms with Crippen LogP contribution in [0.2, 0.25) is 5.15 Å². The number of hydrogen-bond acceptors (Lipinski definition) is 3. The van der Waals surface area contributed by atoms with Gasteiger partial charge in [-0.1, -0.05) is 11.6 Å². The molecule has 88 valence electrons. The molecule has 16 heavy (non-hydrogen) atoms. The minimum Gasteiger partial charge on any atom is -0.362 e. The maximum absolute atomic E-state index is 11.6. The number of aromatic nitrogens is 1. The Bertz CT molecular complexity index is 368. The highest BCUT2D eigenvalue weighted by atomic mass is 35.5. The molecule has 0 aliphatic heterocycles. The van der Waals surface area contributed by atoms with Crippen molar-refractivity contribution in [3.05, 3.63) is 23.5 Å². The van der Waals surface area contributed by atoms with Gasteiger partial charge in [0.05, 0.1) is 6.54 Å². The average Bonchev–Trinajstić information content (AvgIpc) is 2.25. The minimum absolute atomic E-state index is 0.0646. The van der Waals surface area contributed by atoms with Crippen LogP contribution in [0.1, 0.15) is 6.92 Å². The van der Waals surface area contributed by atoms with Crippen LogP contribution >= 0.6 is 11.6 Å². The molecular weight excluding hydrogens is 226 g/mol. The zero-order valence-electron chi connectivity index (χ0n) is 9.77. The van der Waals surface area contributed by atoms with E-state index in [-0.39, 0.29) is 5.91 Å². The molecule has 4 nitrogen and oxygen atoms in total. The van der Waals surface area contributed by atoms with Gasteiger partial charge in [-0.2, -0.15) is 0 Å². The van der Waals surface area contributed by atoms with Gasteiger partial charge in [-0.25, -0.2) is 4.98 Å². The smallest absolute Gasteiger partial charge is 0.241 e. The van der Waals surface area contributed by atoms with E-state index in [2.05, 4.69) is 4.98 Å². The molecule has 0 unspecified atom stereocenters. The molecule has 0 saturated carbocycles. The molecule has 1 rings (SSSR count). The van der Waals surface area contributed by atoms with Crippen molar-refractivity contribution in [3.8, 4) is 0 Å². The largest absolute Gasteiger partial charge is 0.362 e. The minimum atomic E-state index is 0.0646. The third-order valence-corrected chi connectivity index (χ3v) is 2.49. The fourth-order valence-corrected chi connectivity index (χ4v) is 1.45. The van der Waals surface area contributed by atoms with Crippen LogP contribution in [-0.4, -0.2) is 43.0 Å². The number of halogens is 1. The van der Waals surface area contributed by atoms with Crippen LogP contribution in [-0.2, 0) is 4.79 Å². The highest BCUT2D eigenvalue weighted by Gasteiger charge is 2.11. The summed E-state index contributed by atoms with van der Waals surface area (Å²) in [6.45, 7) is 3.10. The average molecular weight is 242 g/mol.